The van der Waals surface area contributed by atoms with E-state index in [1.54, 1.807) is 29.2 Å². The first kappa shape index (κ1) is 23.6. The minimum atomic E-state index is -3.73. The van der Waals surface area contributed by atoms with Crippen LogP contribution >= 0.6 is 0 Å². The Morgan fingerprint density at radius 1 is 0.882 bits per heavy atom. The van der Waals surface area contributed by atoms with Crippen LogP contribution in [0.5, 0.6) is 5.75 Å². The van der Waals surface area contributed by atoms with Crippen LogP contribution in [0, 0.1) is 13.8 Å². The summed E-state index contributed by atoms with van der Waals surface area (Å²) >= 11 is 0. The number of carbonyl (C=O) groups excluding carboxylic acids is 1. The van der Waals surface area contributed by atoms with E-state index in [4.69, 9.17) is 4.74 Å². The number of nitrogens with one attached hydrogen (secondary N) is 1. The Morgan fingerprint density at radius 3 is 2.12 bits per heavy atom. The number of benzene rings is 3. The number of carbonyl (C=O) groups is 1. The van der Waals surface area contributed by atoms with E-state index >= 15 is 0 Å². The zero-order valence-corrected chi connectivity index (χ0v) is 20.2. The molecular weight excluding hydrogens is 450 g/mol. The van der Waals surface area contributed by atoms with Gasteiger partial charge in [-0.3, -0.25) is 9.52 Å². The number of para-hydroxylation sites is 1. The number of nitrogens with zero attached hydrogens (tertiary/aromatic N) is 2. The van der Waals surface area contributed by atoms with Crippen molar-refractivity contribution in [1.29, 1.82) is 0 Å². The number of hydrogen-bond acceptors (Lipinski definition) is 5. The molecule has 1 aliphatic heterocycles. The number of sulfonamides is 1. The first-order valence-corrected chi connectivity index (χ1v) is 12.7. The fourth-order valence-electron chi connectivity index (χ4n) is 4.05. The van der Waals surface area contributed by atoms with Crippen molar-refractivity contribution >= 4 is 27.3 Å². The van der Waals surface area contributed by atoms with Crippen molar-refractivity contribution in [3.05, 3.63) is 83.9 Å². The first-order chi connectivity index (χ1) is 16.3. The van der Waals surface area contributed by atoms with Crippen LogP contribution in [0.25, 0.3) is 0 Å². The number of ether oxygens (including phenoxy) is 1. The van der Waals surface area contributed by atoms with Gasteiger partial charge in [-0.05, 0) is 73.5 Å². The summed E-state index contributed by atoms with van der Waals surface area (Å²) in [5.74, 6) is 0.363. The van der Waals surface area contributed by atoms with E-state index in [2.05, 4.69) is 21.8 Å². The van der Waals surface area contributed by atoms with Crippen LogP contribution in [0.3, 0.4) is 0 Å². The van der Waals surface area contributed by atoms with Crippen LogP contribution in [-0.2, 0) is 14.8 Å². The van der Waals surface area contributed by atoms with Crippen molar-refractivity contribution < 1.29 is 17.9 Å². The third kappa shape index (κ3) is 5.88. The fraction of sp³-hybridized carbons (Fsp3) is 0.269. The number of anilines is 2. The smallest absolute Gasteiger partial charge is 0.261 e. The number of piperazine rings is 1. The van der Waals surface area contributed by atoms with Gasteiger partial charge in [0.15, 0.2) is 6.61 Å². The highest BCUT2D eigenvalue weighted by Gasteiger charge is 2.22. The molecule has 178 valence electrons. The lowest BCUT2D eigenvalue weighted by molar-refractivity contribution is -0.133. The van der Waals surface area contributed by atoms with Gasteiger partial charge < -0.3 is 14.5 Å². The lowest BCUT2D eigenvalue weighted by Crippen LogP contribution is -2.50. The SMILES string of the molecule is Cc1cc(C)cc(NS(=O)(=O)c2ccc(OCC(=O)N3CCN(c4ccccc4)CC3)cc2)c1. The van der Waals surface area contributed by atoms with Crippen LogP contribution in [0.1, 0.15) is 11.1 Å². The van der Waals surface area contributed by atoms with Gasteiger partial charge in [0.25, 0.3) is 15.9 Å². The predicted molar refractivity (Wildman–Crippen MR) is 134 cm³/mol. The first-order valence-electron chi connectivity index (χ1n) is 11.2. The summed E-state index contributed by atoms with van der Waals surface area (Å²) < 4.78 is 33.7. The molecule has 0 bridgehead atoms. The molecule has 0 aromatic heterocycles. The van der Waals surface area contributed by atoms with E-state index in [1.807, 2.05) is 38.1 Å². The Labute approximate surface area is 201 Å². The van der Waals surface area contributed by atoms with E-state index in [1.165, 1.54) is 12.1 Å². The summed E-state index contributed by atoms with van der Waals surface area (Å²) in [6, 6.07) is 21.8. The third-order valence-electron chi connectivity index (χ3n) is 5.72. The van der Waals surface area contributed by atoms with Crippen LogP contribution < -0.4 is 14.4 Å². The second-order valence-electron chi connectivity index (χ2n) is 8.45. The topological polar surface area (TPSA) is 78.9 Å². The van der Waals surface area contributed by atoms with Crippen LogP contribution in [0.4, 0.5) is 11.4 Å². The van der Waals surface area contributed by atoms with E-state index in [0.29, 0.717) is 24.5 Å². The van der Waals surface area contributed by atoms with Gasteiger partial charge in [0.1, 0.15) is 5.75 Å². The molecule has 0 atom stereocenters. The van der Waals surface area contributed by atoms with Gasteiger partial charge in [-0.15, -0.1) is 0 Å². The molecule has 0 aliphatic carbocycles. The Morgan fingerprint density at radius 2 is 1.50 bits per heavy atom. The number of rotatable bonds is 7. The number of amides is 1. The van der Waals surface area contributed by atoms with Crippen molar-refractivity contribution in [2.75, 3.05) is 42.4 Å². The summed E-state index contributed by atoms with van der Waals surface area (Å²) in [5.41, 5.74) is 3.64. The molecule has 1 fully saturated rings. The van der Waals surface area contributed by atoms with Crippen molar-refractivity contribution in [3.63, 3.8) is 0 Å². The summed E-state index contributed by atoms with van der Waals surface area (Å²) in [6.07, 6.45) is 0. The molecule has 1 saturated heterocycles. The van der Waals surface area contributed by atoms with Gasteiger partial charge in [-0.2, -0.15) is 0 Å². The summed E-state index contributed by atoms with van der Waals surface area (Å²) in [6.45, 7) is 6.57. The molecule has 7 nitrogen and oxygen atoms in total. The van der Waals surface area contributed by atoms with Gasteiger partial charge in [0, 0.05) is 37.6 Å². The molecule has 8 heteroatoms. The zero-order chi connectivity index (χ0) is 24.1. The quantitative estimate of drug-likeness (QED) is 0.557. The molecule has 3 aromatic rings. The van der Waals surface area contributed by atoms with E-state index in [9.17, 15) is 13.2 Å². The van der Waals surface area contributed by atoms with Crippen molar-refractivity contribution in [2.24, 2.45) is 0 Å². The second-order valence-corrected chi connectivity index (χ2v) is 10.1. The lowest BCUT2D eigenvalue weighted by Gasteiger charge is -2.36. The maximum absolute atomic E-state index is 12.7. The van der Waals surface area contributed by atoms with Crippen molar-refractivity contribution in [1.82, 2.24) is 4.90 Å². The summed E-state index contributed by atoms with van der Waals surface area (Å²) in [5, 5.41) is 0. The average Bonchev–Trinajstić information content (AvgIpc) is 2.82. The molecule has 1 N–H and O–H groups in total. The summed E-state index contributed by atoms with van der Waals surface area (Å²) in [7, 11) is -3.73. The van der Waals surface area contributed by atoms with Gasteiger partial charge in [0.05, 0.1) is 4.90 Å². The van der Waals surface area contributed by atoms with E-state index in [-0.39, 0.29) is 17.4 Å². The minimum Gasteiger partial charge on any atom is -0.484 e. The monoisotopic (exact) mass is 479 g/mol. The number of hydrogen-bond donors (Lipinski definition) is 1. The summed E-state index contributed by atoms with van der Waals surface area (Å²) in [4.78, 5) is 16.8. The molecule has 1 heterocycles. The molecular formula is C26H29N3O4S. The maximum atomic E-state index is 12.7. The van der Waals surface area contributed by atoms with Gasteiger partial charge in [-0.25, -0.2) is 8.42 Å². The minimum absolute atomic E-state index is 0.0825. The maximum Gasteiger partial charge on any atom is 0.261 e. The zero-order valence-electron chi connectivity index (χ0n) is 19.4. The van der Waals surface area contributed by atoms with E-state index in [0.717, 1.165) is 29.9 Å². The van der Waals surface area contributed by atoms with Crippen molar-refractivity contribution in [2.45, 2.75) is 18.7 Å². The molecule has 0 saturated carbocycles. The second kappa shape index (κ2) is 10.2. The average molecular weight is 480 g/mol. The van der Waals surface area contributed by atoms with Crippen LogP contribution in [0.15, 0.2) is 77.7 Å². The number of aryl methyl sites for hydroxylation is 2. The van der Waals surface area contributed by atoms with Crippen molar-refractivity contribution in [3.8, 4) is 5.75 Å². The molecule has 0 unspecified atom stereocenters. The fourth-order valence-corrected chi connectivity index (χ4v) is 5.09. The Kier molecular flexibility index (Phi) is 7.07. The third-order valence-corrected chi connectivity index (χ3v) is 7.12. The standard InChI is InChI=1S/C26H29N3O4S/c1-20-16-21(2)18-22(17-20)27-34(31,32)25-10-8-24(9-11-25)33-19-26(30)29-14-12-28(13-15-29)23-6-4-3-5-7-23/h3-11,16-18,27H,12-15,19H2,1-2H3. The highest BCUT2D eigenvalue weighted by molar-refractivity contribution is 7.92. The molecule has 4 rings (SSSR count). The highest BCUT2D eigenvalue weighted by atomic mass is 32.2. The van der Waals surface area contributed by atoms with Crippen LogP contribution in [0.2, 0.25) is 0 Å². The molecule has 0 radical (unpaired) electrons. The molecule has 1 amide bonds. The van der Waals surface area contributed by atoms with Gasteiger partial charge in [-0.1, -0.05) is 24.3 Å². The Hall–Kier alpha value is -3.52. The largest absolute Gasteiger partial charge is 0.484 e. The molecule has 3 aromatic carbocycles. The van der Waals surface area contributed by atoms with Crippen LogP contribution in [-0.4, -0.2) is 52.0 Å². The molecule has 34 heavy (non-hydrogen) atoms. The molecule has 0 spiro atoms. The lowest BCUT2D eigenvalue weighted by atomic mass is 10.1. The van der Waals surface area contributed by atoms with Gasteiger partial charge in [0.2, 0.25) is 0 Å². The normalized spacial score (nSPS) is 14.1. The highest BCUT2D eigenvalue weighted by Crippen LogP contribution is 2.21. The van der Waals surface area contributed by atoms with E-state index < -0.39 is 10.0 Å². The van der Waals surface area contributed by atoms with Gasteiger partial charge >= 0.3 is 0 Å². The molecule has 1 aliphatic rings. The Bertz CT molecular complexity index is 1220. The predicted octanol–water partition coefficient (Wildman–Crippen LogP) is 3.83. The Balaban J connectivity index is 1.29.